The molecule has 8 heteroatoms. The highest BCUT2D eigenvalue weighted by molar-refractivity contribution is 7.20. The molecule has 0 fully saturated rings. The van der Waals surface area contributed by atoms with Gasteiger partial charge in [0.05, 0.1) is 11.0 Å². The summed E-state index contributed by atoms with van der Waals surface area (Å²) in [5.41, 5.74) is 3.61. The second-order valence-corrected chi connectivity index (χ2v) is 11.3. The molecule has 1 atom stereocenters. The Hall–Kier alpha value is -4.69. The number of ether oxygens (including phenoxy) is 2. The monoisotopic (exact) mass is 583 g/mol. The van der Waals surface area contributed by atoms with E-state index in [2.05, 4.69) is 5.32 Å². The molecule has 5 aromatic rings. The number of carbonyl (C=O) groups excluding carboxylic acids is 1. The molecular formula is C34H30FNO5S. The van der Waals surface area contributed by atoms with Crippen molar-refractivity contribution in [3.05, 3.63) is 119 Å². The van der Waals surface area contributed by atoms with E-state index in [-0.39, 0.29) is 24.9 Å². The number of rotatable bonds is 11. The fourth-order valence-electron chi connectivity index (χ4n) is 4.47. The molecule has 1 aromatic heterocycles. The van der Waals surface area contributed by atoms with Crippen LogP contribution in [0.1, 0.15) is 34.6 Å². The highest BCUT2D eigenvalue weighted by Gasteiger charge is 2.22. The maximum Gasteiger partial charge on any atom is 0.326 e. The van der Waals surface area contributed by atoms with E-state index in [1.165, 1.54) is 23.5 Å². The number of carboxylic acid groups (broad SMARTS) is 1. The molecule has 0 saturated heterocycles. The number of fused-ring (bicyclic) bond motifs is 1. The van der Waals surface area contributed by atoms with E-state index >= 15 is 0 Å². The molecule has 0 aliphatic carbocycles. The topological polar surface area (TPSA) is 84.9 Å². The van der Waals surface area contributed by atoms with Crippen LogP contribution < -0.4 is 14.8 Å². The first kappa shape index (κ1) is 28.8. The fraction of sp³-hybridized carbons (Fsp3) is 0.176. The van der Waals surface area contributed by atoms with Gasteiger partial charge in [0.1, 0.15) is 30.0 Å². The van der Waals surface area contributed by atoms with Crippen LogP contribution in [0.3, 0.4) is 0 Å². The standard InChI is InChI=1S/C34H30FNO5S/c1-21(2)41-29-14-7-24(8-15-29)25-9-16-31-26(18-25)19-32(42-31)33(37)36-30(34(38)39)17-22-5-12-28(13-6-22)40-20-23-3-10-27(35)11-4-23/h3-16,18-19,21,30H,17,20H2,1-2H3,(H,36,37)(H,38,39)/t30-/m0/s1. The Labute approximate surface area is 247 Å². The Bertz CT molecular complexity index is 1680. The number of carboxylic acids is 1. The van der Waals surface area contributed by atoms with E-state index in [9.17, 15) is 19.1 Å². The van der Waals surface area contributed by atoms with E-state index in [4.69, 9.17) is 9.47 Å². The lowest BCUT2D eigenvalue weighted by Crippen LogP contribution is -2.42. The van der Waals surface area contributed by atoms with Crippen LogP contribution >= 0.6 is 11.3 Å². The number of nitrogens with one attached hydrogen (secondary N) is 1. The second kappa shape index (κ2) is 12.9. The molecule has 0 aliphatic heterocycles. The molecule has 214 valence electrons. The average molecular weight is 584 g/mol. The van der Waals surface area contributed by atoms with Gasteiger partial charge in [-0.1, -0.05) is 42.5 Å². The molecule has 0 radical (unpaired) electrons. The summed E-state index contributed by atoms with van der Waals surface area (Å²) in [4.78, 5) is 25.5. The first-order valence-corrected chi connectivity index (χ1v) is 14.4. The van der Waals surface area contributed by atoms with E-state index in [0.29, 0.717) is 10.6 Å². The molecule has 0 bridgehead atoms. The number of benzene rings is 4. The van der Waals surface area contributed by atoms with Crippen molar-refractivity contribution in [2.45, 2.75) is 39.0 Å². The van der Waals surface area contributed by atoms with Crippen LogP contribution in [0.25, 0.3) is 21.2 Å². The van der Waals surface area contributed by atoms with Gasteiger partial charge >= 0.3 is 5.97 Å². The Morgan fingerprint density at radius 2 is 1.48 bits per heavy atom. The number of carbonyl (C=O) groups is 2. The van der Waals surface area contributed by atoms with E-state index in [1.807, 2.05) is 56.3 Å². The second-order valence-electron chi connectivity index (χ2n) is 10.2. The van der Waals surface area contributed by atoms with Crippen molar-refractivity contribution in [1.82, 2.24) is 5.32 Å². The normalized spacial score (nSPS) is 11.8. The van der Waals surface area contributed by atoms with Gasteiger partial charge in [0.15, 0.2) is 0 Å². The number of amides is 1. The third-order valence-corrected chi connectivity index (χ3v) is 7.70. The lowest BCUT2D eigenvalue weighted by Gasteiger charge is -2.14. The average Bonchev–Trinajstić information content (AvgIpc) is 3.41. The number of thiophene rings is 1. The van der Waals surface area contributed by atoms with Crippen molar-refractivity contribution in [2.75, 3.05) is 0 Å². The summed E-state index contributed by atoms with van der Waals surface area (Å²) >= 11 is 1.32. The van der Waals surface area contributed by atoms with Crippen molar-refractivity contribution < 1.29 is 28.6 Å². The Kier molecular flexibility index (Phi) is 8.83. The van der Waals surface area contributed by atoms with E-state index in [1.54, 1.807) is 42.5 Å². The number of hydrogen-bond acceptors (Lipinski definition) is 5. The summed E-state index contributed by atoms with van der Waals surface area (Å²) in [6.45, 7) is 4.25. The summed E-state index contributed by atoms with van der Waals surface area (Å²) in [6.07, 6.45) is 0.216. The van der Waals surface area contributed by atoms with Gasteiger partial charge in [-0.05, 0) is 96.1 Å². The molecule has 42 heavy (non-hydrogen) atoms. The predicted molar refractivity (Wildman–Crippen MR) is 163 cm³/mol. The fourth-order valence-corrected chi connectivity index (χ4v) is 5.41. The minimum atomic E-state index is -1.12. The minimum Gasteiger partial charge on any atom is -0.491 e. The molecule has 0 unspecified atom stereocenters. The highest BCUT2D eigenvalue weighted by atomic mass is 32.1. The van der Waals surface area contributed by atoms with Gasteiger partial charge in [0.25, 0.3) is 5.91 Å². The van der Waals surface area contributed by atoms with Gasteiger partial charge in [0, 0.05) is 11.1 Å². The zero-order chi connectivity index (χ0) is 29.6. The van der Waals surface area contributed by atoms with Crippen LogP contribution in [0.4, 0.5) is 4.39 Å². The van der Waals surface area contributed by atoms with Crippen LogP contribution in [-0.4, -0.2) is 29.1 Å². The summed E-state index contributed by atoms with van der Waals surface area (Å²) < 4.78 is 25.5. The van der Waals surface area contributed by atoms with Gasteiger partial charge in [-0.15, -0.1) is 11.3 Å². The quantitative estimate of drug-likeness (QED) is 0.168. The first-order valence-electron chi connectivity index (χ1n) is 13.5. The maximum absolute atomic E-state index is 13.1. The molecule has 0 aliphatic rings. The lowest BCUT2D eigenvalue weighted by molar-refractivity contribution is -0.139. The zero-order valence-electron chi connectivity index (χ0n) is 23.2. The van der Waals surface area contributed by atoms with Crippen molar-refractivity contribution in [2.24, 2.45) is 0 Å². The molecule has 0 spiro atoms. The molecular weight excluding hydrogens is 553 g/mol. The van der Waals surface area contributed by atoms with Crippen molar-refractivity contribution in [1.29, 1.82) is 0 Å². The third kappa shape index (κ3) is 7.33. The van der Waals surface area contributed by atoms with Gasteiger partial charge < -0.3 is 19.9 Å². The molecule has 5 rings (SSSR count). The van der Waals surface area contributed by atoms with Crippen LogP contribution in [0.2, 0.25) is 0 Å². The Morgan fingerprint density at radius 3 is 2.14 bits per heavy atom. The highest BCUT2D eigenvalue weighted by Crippen LogP contribution is 2.31. The van der Waals surface area contributed by atoms with Crippen molar-refractivity contribution >= 4 is 33.3 Å². The molecule has 6 nitrogen and oxygen atoms in total. The molecule has 4 aromatic carbocycles. The summed E-state index contributed by atoms with van der Waals surface area (Å²) in [5.74, 6) is -0.445. The lowest BCUT2D eigenvalue weighted by atomic mass is 10.0. The number of aliphatic carboxylic acids is 1. The smallest absolute Gasteiger partial charge is 0.326 e. The maximum atomic E-state index is 13.1. The van der Waals surface area contributed by atoms with Crippen LogP contribution in [0, 0.1) is 5.82 Å². The molecule has 1 heterocycles. The van der Waals surface area contributed by atoms with Gasteiger partial charge in [-0.2, -0.15) is 0 Å². The largest absolute Gasteiger partial charge is 0.491 e. The summed E-state index contributed by atoms with van der Waals surface area (Å²) in [6, 6.07) is 27.7. The number of halogens is 1. The third-order valence-electron chi connectivity index (χ3n) is 6.58. The van der Waals surface area contributed by atoms with Gasteiger partial charge in [0.2, 0.25) is 0 Å². The van der Waals surface area contributed by atoms with Crippen LogP contribution in [-0.2, 0) is 17.8 Å². The zero-order valence-corrected chi connectivity index (χ0v) is 24.0. The molecule has 2 N–H and O–H groups in total. The van der Waals surface area contributed by atoms with Gasteiger partial charge in [-0.3, -0.25) is 4.79 Å². The first-order chi connectivity index (χ1) is 20.2. The Balaban J connectivity index is 1.22. The molecule has 0 saturated carbocycles. The predicted octanol–water partition coefficient (Wildman–Crippen LogP) is 7.50. The van der Waals surface area contributed by atoms with E-state index in [0.717, 1.165) is 38.1 Å². The SMILES string of the molecule is CC(C)Oc1ccc(-c2ccc3sc(C(=O)N[C@@H](Cc4ccc(OCc5ccc(F)cc5)cc4)C(=O)O)cc3c2)cc1. The summed E-state index contributed by atoms with van der Waals surface area (Å²) in [5, 5.41) is 13.4. The van der Waals surface area contributed by atoms with Crippen molar-refractivity contribution in [3.63, 3.8) is 0 Å². The minimum absolute atomic E-state index is 0.100. The van der Waals surface area contributed by atoms with Crippen molar-refractivity contribution in [3.8, 4) is 22.6 Å². The van der Waals surface area contributed by atoms with Crippen LogP contribution in [0.15, 0.2) is 97.1 Å². The Morgan fingerprint density at radius 1 is 0.833 bits per heavy atom. The summed E-state index contributed by atoms with van der Waals surface area (Å²) in [7, 11) is 0. The van der Waals surface area contributed by atoms with Gasteiger partial charge in [-0.25, -0.2) is 9.18 Å². The van der Waals surface area contributed by atoms with E-state index < -0.39 is 17.9 Å². The molecule has 1 amide bonds. The van der Waals surface area contributed by atoms with Crippen LogP contribution in [0.5, 0.6) is 11.5 Å². The number of hydrogen-bond donors (Lipinski definition) is 2.